The maximum absolute atomic E-state index is 14.0. The van der Waals surface area contributed by atoms with Crippen LogP contribution in [0.1, 0.15) is 40.4 Å². The van der Waals surface area contributed by atoms with E-state index in [-0.39, 0.29) is 5.78 Å². The van der Waals surface area contributed by atoms with Crippen LogP contribution in [0.5, 0.6) is 0 Å². The number of ketones is 1. The van der Waals surface area contributed by atoms with Crippen LogP contribution in [0, 0.1) is 0 Å². The van der Waals surface area contributed by atoms with Gasteiger partial charge in [-0.05, 0) is 61.2 Å². The minimum absolute atomic E-state index is 0.175. The molecule has 2 nitrogen and oxygen atoms in total. The number of carbonyl (C=O) groups is 1. The molecule has 4 aromatic rings. The minimum Gasteiger partial charge on any atom is -0.297 e. The van der Waals surface area contributed by atoms with Crippen LogP contribution in [-0.4, -0.2) is 30.3 Å². The van der Waals surface area contributed by atoms with Crippen LogP contribution in [-0.2, 0) is 12.8 Å². The van der Waals surface area contributed by atoms with Crippen molar-refractivity contribution < 1.29 is 4.79 Å². The van der Waals surface area contributed by atoms with Crippen molar-refractivity contribution in [3.63, 3.8) is 0 Å². The number of hydrogen-bond donors (Lipinski definition) is 0. The zero-order chi connectivity index (χ0) is 24.0. The molecule has 0 bridgehead atoms. The summed E-state index contributed by atoms with van der Waals surface area (Å²) in [6.07, 6.45) is 2.26. The van der Waals surface area contributed by atoms with Crippen molar-refractivity contribution >= 4 is 5.78 Å². The molecule has 0 N–H and O–H groups in total. The first-order valence-electron chi connectivity index (χ1n) is 12.0. The van der Waals surface area contributed by atoms with Crippen LogP contribution in [0.3, 0.4) is 0 Å². The molecule has 4 rings (SSSR count). The van der Waals surface area contributed by atoms with Gasteiger partial charge < -0.3 is 0 Å². The lowest BCUT2D eigenvalue weighted by molar-refractivity contribution is 0.0667. The van der Waals surface area contributed by atoms with Gasteiger partial charge >= 0.3 is 0 Å². The van der Waals surface area contributed by atoms with E-state index >= 15 is 0 Å². The van der Waals surface area contributed by atoms with Gasteiger partial charge in [0.2, 0.25) is 0 Å². The number of carbonyl (C=O) groups excluding carboxylic acids is 1. The predicted molar refractivity (Wildman–Crippen MR) is 142 cm³/mol. The lowest BCUT2D eigenvalue weighted by Crippen LogP contribution is -2.52. The van der Waals surface area contributed by atoms with Crippen molar-refractivity contribution in [2.24, 2.45) is 0 Å². The second-order valence-corrected chi connectivity index (χ2v) is 9.17. The largest absolute Gasteiger partial charge is 0.297 e. The third-order valence-electron chi connectivity index (χ3n) is 6.92. The fraction of sp³-hybridized carbons (Fsp3) is 0.219. The van der Waals surface area contributed by atoms with E-state index in [2.05, 4.69) is 96.8 Å². The monoisotopic (exact) mass is 447 g/mol. The number of likely N-dealkylation sites (N-methyl/N-ethyl adjacent to an activating group) is 1. The maximum atomic E-state index is 14.0. The molecular formula is C32H33NO. The van der Waals surface area contributed by atoms with Gasteiger partial charge in [0.25, 0.3) is 0 Å². The molecule has 0 amide bonds. The molecule has 0 aliphatic carbocycles. The molecule has 34 heavy (non-hydrogen) atoms. The zero-order valence-corrected chi connectivity index (χ0v) is 20.4. The van der Waals surface area contributed by atoms with E-state index in [4.69, 9.17) is 0 Å². The van der Waals surface area contributed by atoms with Crippen molar-refractivity contribution in [2.75, 3.05) is 14.1 Å². The van der Waals surface area contributed by atoms with Gasteiger partial charge in [-0.1, -0.05) is 116 Å². The molecule has 0 fully saturated rings. The van der Waals surface area contributed by atoms with Gasteiger partial charge in [-0.25, -0.2) is 0 Å². The molecule has 0 aromatic heterocycles. The first kappa shape index (κ1) is 23.7. The lowest BCUT2D eigenvalue weighted by Gasteiger charge is -2.38. The average Bonchev–Trinajstić information content (AvgIpc) is 2.88. The van der Waals surface area contributed by atoms with Crippen LogP contribution in [0.15, 0.2) is 109 Å². The van der Waals surface area contributed by atoms with Crippen LogP contribution in [0.4, 0.5) is 0 Å². The first-order valence-corrected chi connectivity index (χ1v) is 12.0. The van der Waals surface area contributed by atoms with Crippen molar-refractivity contribution in [1.82, 2.24) is 4.90 Å². The quantitative estimate of drug-likeness (QED) is 0.256. The maximum Gasteiger partial charge on any atom is 0.183 e. The van der Waals surface area contributed by atoms with E-state index in [9.17, 15) is 4.79 Å². The Bertz CT molecular complexity index is 1210. The van der Waals surface area contributed by atoms with E-state index in [0.29, 0.717) is 6.42 Å². The molecule has 0 heterocycles. The highest BCUT2D eigenvalue weighted by atomic mass is 16.1. The first-order chi connectivity index (χ1) is 16.5. The zero-order valence-electron chi connectivity index (χ0n) is 20.4. The van der Waals surface area contributed by atoms with Gasteiger partial charge in [0.15, 0.2) is 5.78 Å². The Morgan fingerprint density at radius 2 is 1.26 bits per heavy atom. The van der Waals surface area contributed by atoms with Crippen LogP contribution in [0.25, 0.3) is 11.1 Å². The molecule has 0 aliphatic rings. The van der Waals surface area contributed by atoms with Crippen LogP contribution in [0.2, 0.25) is 0 Å². The lowest BCUT2D eigenvalue weighted by atomic mass is 9.78. The van der Waals surface area contributed by atoms with Gasteiger partial charge in [0.1, 0.15) is 0 Å². The van der Waals surface area contributed by atoms with Gasteiger partial charge in [-0.3, -0.25) is 9.69 Å². The Balaban J connectivity index is 1.64. The Labute approximate surface area is 203 Å². The standard InChI is InChI=1S/C32H33NO/c1-4-32(33(2)3,24-29-17-11-12-18-30(29)27-15-9-6-10-16-27)31(34)28-21-19-26(20-22-28)23-25-13-7-5-8-14-25/h5-22H,4,23-24H2,1-3H3. The molecule has 0 saturated heterocycles. The topological polar surface area (TPSA) is 20.3 Å². The Morgan fingerprint density at radius 1 is 0.706 bits per heavy atom. The molecule has 0 spiro atoms. The molecule has 0 radical (unpaired) electrons. The number of Topliss-reactive ketones (excluding diaryl/α,β-unsaturated/α-hetero) is 1. The van der Waals surface area contributed by atoms with Crippen molar-refractivity contribution in [3.8, 4) is 11.1 Å². The Morgan fingerprint density at radius 3 is 1.88 bits per heavy atom. The summed E-state index contributed by atoms with van der Waals surface area (Å²) in [5.41, 5.74) is 6.20. The van der Waals surface area contributed by atoms with Crippen molar-refractivity contribution in [2.45, 2.75) is 31.7 Å². The minimum atomic E-state index is -0.619. The SMILES string of the molecule is CCC(Cc1ccccc1-c1ccccc1)(C(=O)c1ccc(Cc2ccccc2)cc1)N(C)C. The Kier molecular flexibility index (Phi) is 7.40. The highest BCUT2D eigenvalue weighted by Gasteiger charge is 2.40. The van der Waals surface area contributed by atoms with Gasteiger partial charge in [0, 0.05) is 5.56 Å². The highest BCUT2D eigenvalue weighted by Crippen LogP contribution is 2.32. The molecule has 1 unspecified atom stereocenters. The van der Waals surface area contributed by atoms with Gasteiger partial charge in [-0.2, -0.15) is 0 Å². The second kappa shape index (κ2) is 10.6. The fourth-order valence-electron chi connectivity index (χ4n) is 4.81. The number of benzene rings is 4. The average molecular weight is 448 g/mol. The summed E-state index contributed by atoms with van der Waals surface area (Å²) in [5.74, 6) is 0.175. The summed E-state index contributed by atoms with van der Waals surface area (Å²) < 4.78 is 0. The van der Waals surface area contributed by atoms with E-state index in [0.717, 1.165) is 18.4 Å². The van der Waals surface area contributed by atoms with Gasteiger partial charge in [0.05, 0.1) is 5.54 Å². The van der Waals surface area contributed by atoms with E-state index in [1.165, 1.54) is 27.8 Å². The summed E-state index contributed by atoms with van der Waals surface area (Å²) in [4.78, 5) is 16.1. The summed E-state index contributed by atoms with van der Waals surface area (Å²) >= 11 is 0. The molecule has 0 aliphatic heterocycles. The smallest absolute Gasteiger partial charge is 0.183 e. The normalized spacial score (nSPS) is 12.9. The third kappa shape index (κ3) is 5.03. The molecule has 4 aromatic carbocycles. The van der Waals surface area contributed by atoms with E-state index in [1.54, 1.807) is 0 Å². The van der Waals surface area contributed by atoms with Crippen LogP contribution < -0.4 is 0 Å². The predicted octanol–water partition coefficient (Wildman–Crippen LogP) is 7.08. The number of hydrogen-bond acceptors (Lipinski definition) is 2. The van der Waals surface area contributed by atoms with Crippen molar-refractivity contribution in [1.29, 1.82) is 0 Å². The highest BCUT2D eigenvalue weighted by molar-refractivity contribution is 6.03. The summed E-state index contributed by atoms with van der Waals surface area (Å²) in [5, 5.41) is 0. The summed E-state index contributed by atoms with van der Waals surface area (Å²) in [7, 11) is 4.05. The molecular weight excluding hydrogens is 414 g/mol. The number of rotatable bonds is 9. The van der Waals surface area contributed by atoms with Gasteiger partial charge in [-0.15, -0.1) is 0 Å². The molecule has 0 saturated carbocycles. The molecule has 1 atom stereocenters. The van der Waals surface area contributed by atoms with E-state index in [1.807, 2.05) is 38.4 Å². The summed E-state index contributed by atoms with van der Waals surface area (Å²) in [6.45, 7) is 2.12. The Hall–Kier alpha value is -3.49. The third-order valence-corrected chi connectivity index (χ3v) is 6.92. The van der Waals surface area contributed by atoms with E-state index < -0.39 is 5.54 Å². The fourth-order valence-corrected chi connectivity index (χ4v) is 4.81. The molecule has 2 heteroatoms. The van der Waals surface area contributed by atoms with Crippen molar-refractivity contribution in [3.05, 3.63) is 131 Å². The second-order valence-electron chi connectivity index (χ2n) is 9.17. The number of nitrogens with zero attached hydrogens (tertiary/aromatic N) is 1. The molecule has 172 valence electrons. The summed E-state index contributed by atoms with van der Waals surface area (Å²) in [6, 6.07) is 37.5. The van der Waals surface area contributed by atoms with Crippen LogP contribution >= 0.6 is 0 Å².